The average Bonchev–Trinajstić information content (AvgIpc) is 2.53. The minimum atomic E-state index is -0.0754. The van der Waals surface area contributed by atoms with E-state index in [2.05, 4.69) is 24.5 Å². The highest BCUT2D eigenvalue weighted by Crippen LogP contribution is 2.11. The second-order valence-corrected chi connectivity index (χ2v) is 7.84. The van der Waals surface area contributed by atoms with Gasteiger partial charge in [0.25, 0.3) is 0 Å². The molecule has 5 heteroatoms. The molecule has 4 nitrogen and oxygen atoms in total. The molecule has 2 N–H and O–H groups in total. The SMILES string of the molecule is Cc1cccc(NC(=O)CSCC(=O)NCCCCCCC(C)C)c1. The molecule has 0 bridgehead atoms. The minimum absolute atomic E-state index is 0.00976. The molecule has 0 heterocycles. The Hall–Kier alpha value is -1.49. The zero-order valence-electron chi connectivity index (χ0n) is 15.8. The number of hydrogen-bond donors (Lipinski definition) is 2. The fraction of sp³-hybridized carbons (Fsp3) is 0.600. The van der Waals surface area contributed by atoms with E-state index in [1.807, 2.05) is 31.2 Å². The first kappa shape index (κ1) is 21.6. The van der Waals surface area contributed by atoms with E-state index >= 15 is 0 Å². The van der Waals surface area contributed by atoms with Crippen molar-refractivity contribution < 1.29 is 9.59 Å². The van der Waals surface area contributed by atoms with Gasteiger partial charge in [-0.25, -0.2) is 0 Å². The van der Waals surface area contributed by atoms with Gasteiger partial charge in [-0.05, 0) is 37.0 Å². The quantitative estimate of drug-likeness (QED) is 0.541. The summed E-state index contributed by atoms with van der Waals surface area (Å²) in [5, 5.41) is 5.77. The molecule has 1 aromatic rings. The summed E-state index contributed by atoms with van der Waals surface area (Å²) in [5.74, 6) is 1.33. The Morgan fingerprint density at radius 1 is 1.04 bits per heavy atom. The van der Waals surface area contributed by atoms with Gasteiger partial charge in [-0.3, -0.25) is 9.59 Å². The van der Waals surface area contributed by atoms with E-state index in [4.69, 9.17) is 0 Å². The van der Waals surface area contributed by atoms with Crippen LogP contribution in [0.3, 0.4) is 0 Å². The first-order valence-electron chi connectivity index (χ1n) is 9.18. The summed E-state index contributed by atoms with van der Waals surface area (Å²) in [4.78, 5) is 23.6. The lowest BCUT2D eigenvalue weighted by Gasteiger charge is -2.07. The third-order valence-electron chi connectivity index (χ3n) is 3.80. The van der Waals surface area contributed by atoms with E-state index in [9.17, 15) is 9.59 Å². The molecule has 0 radical (unpaired) electrons. The van der Waals surface area contributed by atoms with Gasteiger partial charge in [-0.1, -0.05) is 51.7 Å². The minimum Gasteiger partial charge on any atom is -0.355 e. The van der Waals surface area contributed by atoms with Crippen molar-refractivity contribution in [3.63, 3.8) is 0 Å². The standard InChI is InChI=1S/C20H32N2O2S/c1-16(2)9-6-4-5-7-12-21-19(23)14-25-15-20(24)22-18-11-8-10-17(3)13-18/h8,10-11,13,16H,4-7,9,12,14-15H2,1-3H3,(H,21,23)(H,22,24). The number of hydrogen-bond acceptors (Lipinski definition) is 3. The van der Waals surface area contributed by atoms with Gasteiger partial charge in [-0.15, -0.1) is 11.8 Å². The van der Waals surface area contributed by atoms with Crippen molar-refractivity contribution in [3.8, 4) is 0 Å². The van der Waals surface area contributed by atoms with Crippen LogP contribution in [0.2, 0.25) is 0 Å². The largest absolute Gasteiger partial charge is 0.355 e. The van der Waals surface area contributed by atoms with E-state index in [1.54, 1.807) is 0 Å². The smallest absolute Gasteiger partial charge is 0.234 e. The maximum absolute atomic E-state index is 11.9. The number of aryl methyl sites for hydroxylation is 1. The Labute approximate surface area is 156 Å². The molecular formula is C20H32N2O2S. The Morgan fingerprint density at radius 2 is 1.76 bits per heavy atom. The monoisotopic (exact) mass is 364 g/mol. The molecule has 0 aliphatic heterocycles. The lowest BCUT2D eigenvalue weighted by atomic mass is 10.0. The third-order valence-corrected chi connectivity index (χ3v) is 4.73. The Bertz CT molecular complexity index is 532. The van der Waals surface area contributed by atoms with Gasteiger partial charge < -0.3 is 10.6 Å². The summed E-state index contributed by atoms with van der Waals surface area (Å²) in [6.07, 6.45) is 5.99. The van der Waals surface area contributed by atoms with Gasteiger partial charge in [0.05, 0.1) is 11.5 Å². The van der Waals surface area contributed by atoms with Crippen LogP contribution in [0.1, 0.15) is 51.5 Å². The molecule has 0 aromatic heterocycles. The van der Waals surface area contributed by atoms with Gasteiger partial charge in [-0.2, -0.15) is 0 Å². The summed E-state index contributed by atoms with van der Waals surface area (Å²) in [6.45, 7) is 7.22. The van der Waals surface area contributed by atoms with Gasteiger partial charge in [0.2, 0.25) is 11.8 Å². The summed E-state index contributed by atoms with van der Waals surface area (Å²) in [6, 6.07) is 7.69. The van der Waals surface area contributed by atoms with E-state index in [0.29, 0.717) is 5.75 Å². The number of carbonyl (C=O) groups is 2. The zero-order valence-corrected chi connectivity index (χ0v) is 16.6. The number of unbranched alkanes of at least 4 members (excludes halogenated alkanes) is 3. The van der Waals surface area contributed by atoms with Gasteiger partial charge in [0.15, 0.2) is 0 Å². The highest BCUT2D eigenvalue weighted by atomic mass is 32.2. The number of nitrogens with one attached hydrogen (secondary N) is 2. The number of amides is 2. The predicted molar refractivity (Wildman–Crippen MR) is 108 cm³/mol. The van der Waals surface area contributed by atoms with Crippen LogP contribution < -0.4 is 10.6 Å². The first-order chi connectivity index (χ1) is 12.0. The van der Waals surface area contributed by atoms with Crippen LogP contribution in [0.5, 0.6) is 0 Å². The van der Waals surface area contributed by atoms with Crippen LogP contribution >= 0.6 is 11.8 Å². The molecule has 0 spiro atoms. The van der Waals surface area contributed by atoms with Crippen molar-refractivity contribution in [2.45, 2.75) is 52.9 Å². The van der Waals surface area contributed by atoms with E-state index in [-0.39, 0.29) is 17.6 Å². The number of rotatable bonds is 12. The topological polar surface area (TPSA) is 58.2 Å². The average molecular weight is 365 g/mol. The van der Waals surface area contributed by atoms with Crippen LogP contribution in [0, 0.1) is 12.8 Å². The normalized spacial score (nSPS) is 10.7. The molecule has 0 fully saturated rings. The molecule has 0 aliphatic rings. The summed E-state index contributed by atoms with van der Waals surface area (Å²) < 4.78 is 0. The van der Waals surface area contributed by atoms with Crippen molar-refractivity contribution in [1.82, 2.24) is 5.32 Å². The second-order valence-electron chi connectivity index (χ2n) is 6.86. The van der Waals surface area contributed by atoms with Crippen LogP contribution in [0.15, 0.2) is 24.3 Å². The van der Waals surface area contributed by atoms with Crippen molar-refractivity contribution in [1.29, 1.82) is 0 Å². The first-order valence-corrected chi connectivity index (χ1v) is 10.3. The second kappa shape index (κ2) is 12.8. The lowest BCUT2D eigenvalue weighted by molar-refractivity contribution is -0.118. The maximum atomic E-state index is 11.9. The molecule has 1 aromatic carbocycles. The molecule has 25 heavy (non-hydrogen) atoms. The Morgan fingerprint density at radius 3 is 2.48 bits per heavy atom. The number of benzene rings is 1. The molecular weight excluding hydrogens is 332 g/mol. The van der Waals surface area contributed by atoms with Crippen LogP contribution in [-0.2, 0) is 9.59 Å². The number of carbonyl (C=O) groups excluding carboxylic acids is 2. The molecule has 0 unspecified atom stereocenters. The lowest BCUT2D eigenvalue weighted by Crippen LogP contribution is -2.27. The fourth-order valence-electron chi connectivity index (χ4n) is 2.47. The molecule has 0 aliphatic carbocycles. The number of anilines is 1. The molecule has 2 amide bonds. The van der Waals surface area contributed by atoms with E-state index < -0.39 is 0 Å². The van der Waals surface area contributed by atoms with E-state index in [1.165, 1.54) is 37.4 Å². The third kappa shape index (κ3) is 11.6. The van der Waals surface area contributed by atoms with Crippen molar-refractivity contribution in [2.75, 3.05) is 23.4 Å². The molecule has 0 saturated heterocycles. The fourth-order valence-corrected chi connectivity index (χ4v) is 3.11. The molecule has 0 atom stereocenters. The summed E-state index contributed by atoms with van der Waals surface area (Å²) in [7, 11) is 0. The molecule has 1 rings (SSSR count). The Balaban J connectivity index is 2.02. The van der Waals surface area contributed by atoms with Gasteiger partial charge in [0.1, 0.15) is 0 Å². The summed E-state index contributed by atoms with van der Waals surface area (Å²) >= 11 is 1.34. The van der Waals surface area contributed by atoms with Gasteiger partial charge >= 0.3 is 0 Å². The highest BCUT2D eigenvalue weighted by Gasteiger charge is 2.06. The van der Waals surface area contributed by atoms with Crippen LogP contribution in [-0.4, -0.2) is 29.9 Å². The van der Waals surface area contributed by atoms with Crippen molar-refractivity contribution >= 4 is 29.3 Å². The summed E-state index contributed by atoms with van der Waals surface area (Å²) in [5.41, 5.74) is 1.90. The number of thioether (sulfide) groups is 1. The molecule has 0 saturated carbocycles. The van der Waals surface area contributed by atoms with Crippen LogP contribution in [0.25, 0.3) is 0 Å². The Kier molecular flexibility index (Phi) is 11.0. The van der Waals surface area contributed by atoms with E-state index in [0.717, 1.165) is 30.1 Å². The van der Waals surface area contributed by atoms with Gasteiger partial charge in [0, 0.05) is 12.2 Å². The maximum Gasteiger partial charge on any atom is 0.234 e. The van der Waals surface area contributed by atoms with Crippen molar-refractivity contribution in [2.24, 2.45) is 5.92 Å². The highest BCUT2D eigenvalue weighted by molar-refractivity contribution is 8.00. The van der Waals surface area contributed by atoms with Crippen LogP contribution in [0.4, 0.5) is 5.69 Å². The van der Waals surface area contributed by atoms with Crippen molar-refractivity contribution in [3.05, 3.63) is 29.8 Å². The zero-order chi connectivity index (χ0) is 18.5. The molecule has 140 valence electrons. The predicted octanol–water partition coefficient (Wildman–Crippen LogP) is 4.39.